The van der Waals surface area contributed by atoms with E-state index in [-0.39, 0.29) is 5.91 Å². The molecule has 1 N–H and O–H groups in total. The molecule has 0 saturated carbocycles. The third-order valence-electron chi connectivity index (χ3n) is 3.22. The number of rotatable bonds is 6. The Balaban J connectivity index is 1.43. The van der Waals surface area contributed by atoms with Crippen molar-refractivity contribution < 1.29 is 4.79 Å². The summed E-state index contributed by atoms with van der Waals surface area (Å²) in [5, 5.41) is 4.07. The number of halogens is 1. The lowest BCUT2D eigenvalue weighted by atomic mass is 10.2. The first kappa shape index (κ1) is 15.6. The quantitative estimate of drug-likeness (QED) is 0.654. The number of para-hydroxylation sites is 1. The Bertz CT molecular complexity index is 748. The van der Waals surface area contributed by atoms with Gasteiger partial charge in [0.05, 0.1) is 25.6 Å². The van der Waals surface area contributed by atoms with E-state index in [0.717, 1.165) is 32.0 Å². The van der Waals surface area contributed by atoms with Crippen LogP contribution in [0.3, 0.4) is 0 Å². The smallest absolute Gasteiger partial charge is 0.220 e. The highest BCUT2D eigenvalue weighted by Crippen LogP contribution is 2.23. The van der Waals surface area contributed by atoms with Crippen LogP contribution in [-0.4, -0.2) is 10.9 Å². The van der Waals surface area contributed by atoms with Gasteiger partial charge in [0.25, 0.3) is 0 Å². The Morgan fingerprint density at radius 3 is 2.82 bits per heavy atom. The zero-order chi connectivity index (χ0) is 15.4. The minimum atomic E-state index is 0.102. The van der Waals surface area contributed by atoms with E-state index in [1.165, 1.54) is 4.70 Å². The van der Waals surface area contributed by atoms with Crippen LogP contribution in [0.2, 0.25) is 0 Å². The van der Waals surface area contributed by atoms with Crippen LogP contribution < -0.4 is 5.32 Å². The number of nitrogens with zero attached hydrogens (tertiary/aromatic N) is 1. The number of thiophene rings is 1. The number of carbonyl (C=O) groups is 1. The fourth-order valence-corrected chi connectivity index (χ4v) is 4.58. The summed E-state index contributed by atoms with van der Waals surface area (Å²) in [5.74, 6) is 0.102. The van der Waals surface area contributed by atoms with Gasteiger partial charge in [-0.2, -0.15) is 0 Å². The van der Waals surface area contributed by atoms with Crippen LogP contribution in [0.15, 0.2) is 40.2 Å². The molecule has 1 aromatic carbocycles. The molecule has 3 aromatic rings. The summed E-state index contributed by atoms with van der Waals surface area (Å²) in [7, 11) is 0. The number of carbonyl (C=O) groups excluding carboxylic acids is 1. The second kappa shape index (κ2) is 7.35. The van der Waals surface area contributed by atoms with Crippen LogP contribution in [0.1, 0.15) is 22.7 Å². The fourth-order valence-electron chi connectivity index (χ4n) is 2.15. The second-order valence-electron chi connectivity index (χ2n) is 4.91. The zero-order valence-electron chi connectivity index (χ0n) is 11.8. The van der Waals surface area contributed by atoms with Crippen LogP contribution in [0.4, 0.5) is 0 Å². The Labute approximate surface area is 145 Å². The summed E-state index contributed by atoms with van der Waals surface area (Å²) in [6.07, 6.45) is 2.24. The fraction of sp³-hybridized carbons (Fsp3) is 0.250. The Morgan fingerprint density at radius 2 is 2.05 bits per heavy atom. The Morgan fingerprint density at radius 1 is 1.18 bits per heavy atom. The minimum Gasteiger partial charge on any atom is -0.351 e. The molecule has 0 atom stereocenters. The van der Waals surface area contributed by atoms with Gasteiger partial charge in [0.1, 0.15) is 0 Å². The van der Waals surface area contributed by atoms with E-state index in [9.17, 15) is 4.79 Å². The first-order chi connectivity index (χ1) is 10.7. The highest BCUT2D eigenvalue weighted by atomic mass is 79.9. The van der Waals surface area contributed by atoms with Crippen molar-refractivity contribution in [3.05, 3.63) is 50.1 Å². The van der Waals surface area contributed by atoms with Crippen LogP contribution >= 0.6 is 38.6 Å². The summed E-state index contributed by atoms with van der Waals surface area (Å²) >= 11 is 6.78. The van der Waals surface area contributed by atoms with Crippen molar-refractivity contribution in [3.8, 4) is 0 Å². The van der Waals surface area contributed by atoms with Crippen LogP contribution in [-0.2, 0) is 17.8 Å². The van der Waals surface area contributed by atoms with Crippen molar-refractivity contribution >= 4 is 54.7 Å². The molecular formula is C16H15BrN2OS2. The van der Waals surface area contributed by atoms with E-state index < -0.39 is 0 Å². The number of hydrogen-bond acceptors (Lipinski definition) is 4. The maximum atomic E-state index is 11.9. The third kappa shape index (κ3) is 4.15. The number of hydrogen-bond donors (Lipinski definition) is 1. The number of aromatic nitrogens is 1. The van der Waals surface area contributed by atoms with E-state index in [1.807, 2.05) is 30.3 Å². The Hall–Kier alpha value is -1.24. The molecule has 0 aliphatic heterocycles. The topological polar surface area (TPSA) is 42.0 Å². The lowest BCUT2D eigenvalue weighted by Crippen LogP contribution is -2.21. The van der Waals surface area contributed by atoms with Gasteiger partial charge < -0.3 is 5.32 Å². The summed E-state index contributed by atoms with van der Waals surface area (Å²) in [6, 6.07) is 12.2. The molecule has 0 aliphatic rings. The van der Waals surface area contributed by atoms with E-state index >= 15 is 0 Å². The van der Waals surface area contributed by atoms with Gasteiger partial charge in [0.15, 0.2) is 0 Å². The molecule has 3 nitrogen and oxygen atoms in total. The van der Waals surface area contributed by atoms with Crippen molar-refractivity contribution in [3.63, 3.8) is 0 Å². The maximum Gasteiger partial charge on any atom is 0.220 e. The van der Waals surface area contributed by atoms with Gasteiger partial charge in [-0.1, -0.05) is 12.1 Å². The van der Waals surface area contributed by atoms with Gasteiger partial charge >= 0.3 is 0 Å². The van der Waals surface area contributed by atoms with E-state index in [4.69, 9.17) is 0 Å². The molecule has 2 heterocycles. The SMILES string of the molecule is O=C(CCCc1nc2ccccc2s1)NCc1ccc(Br)s1. The van der Waals surface area contributed by atoms with Crippen molar-refractivity contribution in [1.82, 2.24) is 10.3 Å². The van der Waals surface area contributed by atoms with E-state index in [0.29, 0.717) is 13.0 Å². The predicted molar refractivity (Wildman–Crippen MR) is 96.4 cm³/mol. The van der Waals surface area contributed by atoms with Crippen molar-refractivity contribution in [2.45, 2.75) is 25.8 Å². The lowest BCUT2D eigenvalue weighted by molar-refractivity contribution is -0.121. The molecule has 0 bridgehead atoms. The standard InChI is InChI=1S/C16H15BrN2OS2/c17-14-9-8-11(21-14)10-18-15(20)6-3-7-16-19-12-4-1-2-5-13(12)22-16/h1-2,4-5,8-9H,3,6-7,10H2,(H,18,20). The van der Waals surface area contributed by atoms with Gasteiger partial charge in [0.2, 0.25) is 5.91 Å². The molecule has 0 spiro atoms. The summed E-state index contributed by atoms with van der Waals surface area (Å²) in [6.45, 7) is 0.607. The van der Waals surface area contributed by atoms with Gasteiger partial charge in [-0.15, -0.1) is 22.7 Å². The molecule has 1 amide bonds. The molecule has 0 radical (unpaired) electrons. The monoisotopic (exact) mass is 394 g/mol. The third-order valence-corrected chi connectivity index (χ3v) is 5.94. The van der Waals surface area contributed by atoms with Gasteiger partial charge in [-0.3, -0.25) is 4.79 Å². The Kier molecular flexibility index (Phi) is 5.23. The number of aryl methyl sites for hydroxylation is 1. The van der Waals surface area contributed by atoms with Gasteiger partial charge in [-0.05, 0) is 53.0 Å². The summed E-state index contributed by atoms with van der Waals surface area (Å²) in [4.78, 5) is 17.6. The minimum absolute atomic E-state index is 0.102. The second-order valence-corrected chi connectivity index (χ2v) is 8.57. The number of amides is 1. The molecule has 0 aliphatic carbocycles. The van der Waals surface area contributed by atoms with Crippen molar-refractivity contribution in [2.24, 2.45) is 0 Å². The maximum absolute atomic E-state index is 11.9. The highest BCUT2D eigenvalue weighted by Gasteiger charge is 2.06. The number of thiazole rings is 1. The normalized spacial score (nSPS) is 11.0. The molecule has 114 valence electrons. The number of fused-ring (bicyclic) bond motifs is 1. The molecule has 3 rings (SSSR count). The molecule has 0 fully saturated rings. The first-order valence-electron chi connectivity index (χ1n) is 7.06. The summed E-state index contributed by atoms with van der Waals surface area (Å²) < 4.78 is 2.30. The first-order valence-corrected chi connectivity index (χ1v) is 9.49. The molecule has 6 heteroatoms. The van der Waals surface area contributed by atoms with Crippen LogP contribution in [0.5, 0.6) is 0 Å². The lowest BCUT2D eigenvalue weighted by Gasteiger charge is -2.02. The molecule has 2 aromatic heterocycles. The van der Waals surface area contributed by atoms with Crippen LogP contribution in [0, 0.1) is 0 Å². The highest BCUT2D eigenvalue weighted by molar-refractivity contribution is 9.11. The largest absolute Gasteiger partial charge is 0.351 e. The molecule has 22 heavy (non-hydrogen) atoms. The molecular weight excluding hydrogens is 380 g/mol. The zero-order valence-corrected chi connectivity index (χ0v) is 15.1. The van der Waals surface area contributed by atoms with E-state index in [2.05, 4.69) is 32.3 Å². The number of benzene rings is 1. The van der Waals surface area contributed by atoms with E-state index in [1.54, 1.807) is 22.7 Å². The average molecular weight is 395 g/mol. The van der Waals surface area contributed by atoms with Crippen molar-refractivity contribution in [1.29, 1.82) is 0 Å². The molecule has 0 unspecified atom stereocenters. The van der Waals surface area contributed by atoms with Crippen molar-refractivity contribution in [2.75, 3.05) is 0 Å². The number of nitrogens with one attached hydrogen (secondary N) is 1. The van der Waals surface area contributed by atoms with Gasteiger partial charge in [-0.25, -0.2) is 4.98 Å². The molecule has 0 saturated heterocycles. The predicted octanol–water partition coefficient (Wildman–Crippen LogP) is 4.76. The van der Waals surface area contributed by atoms with Crippen LogP contribution in [0.25, 0.3) is 10.2 Å². The summed E-state index contributed by atoms with van der Waals surface area (Å²) in [5.41, 5.74) is 1.05. The average Bonchev–Trinajstić information content (AvgIpc) is 3.10. The van der Waals surface area contributed by atoms with Gasteiger partial charge in [0, 0.05) is 11.3 Å².